The second kappa shape index (κ2) is 5.43. The zero-order valence-corrected chi connectivity index (χ0v) is 14.3. The van der Waals surface area contributed by atoms with E-state index in [0.717, 1.165) is 10.5 Å². The normalized spacial score (nSPS) is 27.7. The first-order valence-corrected chi connectivity index (χ1v) is 8.67. The summed E-state index contributed by atoms with van der Waals surface area (Å²) in [6.07, 6.45) is 0.674. The van der Waals surface area contributed by atoms with Gasteiger partial charge in [-0.2, -0.15) is 0 Å². The molecule has 1 aromatic carbocycles. The zero-order valence-electron chi connectivity index (χ0n) is 14.3. The Balaban J connectivity index is 1.52. The van der Waals surface area contributed by atoms with Gasteiger partial charge >= 0.3 is 5.97 Å². The predicted molar refractivity (Wildman–Crippen MR) is 91.3 cm³/mol. The molecule has 1 saturated carbocycles. The van der Waals surface area contributed by atoms with Gasteiger partial charge in [-0.3, -0.25) is 14.4 Å². The van der Waals surface area contributed by atoms with Crippen LogP contribution in [0.1, 0.15) is 57.2 Å². The molecule has 0 spiro atoms. The van der Waals surface area contributed by atoms with Gasteiger partial charge in [0.15, 0.2) is 0 Å². The Morgan fingerprint density at radius 2 is 1.85 bits per heavy atom. The maximum atomic E-state index is 12.6. The van der Waals surface area contributed by atoms with Crippen LogP contribution in [0.5, 0.6) is 0 Å². The average Bonchev–Trinajstić information content (AvgIpc) is 3.25. The summed E-state index contributed by atoms with van der Waals surface area (Å²) in [5, 5.41) is 10.5. The van der Waals surface area contributed by atoms with E-state index in [9.17, 15) is 19.5 Å². The number of esters is 1. The lowest BCUT2D eigenvalue weighted by Gasteiger charge is -2.28. The molecular weight excluding hydrogens is 350 g/mol. The predicted octanol–water partition coefficient (Wildman–Crippen LogP) is 1.15. The smallest absolute Gasteiger partial charge is 0.303 e. The number of benzene rings is 1. The van der Waals surface area contributed by atoms with E-state index in [1.165, 1.54) is 6.92 Å². The third kappa shape index (κ3) is 2.10. The molecule has 0 unspecified atom stereocenters. The van der Waals surface area contributed by atoms with Crippen LogP contribution in [0, 0.1) is 0 Å². The molecule has 4 atom stereocenters. The van der Waals surface area contributed by atoms with Crippen molar-refractivity contribution in [1.29, 1.82) is 0 Å². The summed E-state index contributed by atoms with van der Waals surface area (Å²) in [6.45, 7) is 1.31. The van der Waals surface area contributed by atoms with Crippen molar-refractivity contribution in [3.05, 3.63) is 52.8 Å². The Kier molecular flexibility index (Phi) is 3.23. The van der Waals surface area contributed by atoms with Crippen LogP contribution in [-0.4, -0.2) is 45.1 Å². The van der Waals surface area contributed by atoms with Crippen molar-refractivity contribution >= 4 is 23.7 Å². The molecule has 0 saturated heterocycles. The molecule has 1 fully saturated rings. The maximum absolute atomic E-state index is 12.6. The SMILES string of the molecule is CC(=O)O[C@H]1[C@@H](O)[C@H]2C[C@@H]1c1cnc(N3C(=O)c4ccccc4C3=O)nc12. The fourth-order valence-corrected chi connectivity index (χ4v) is 4.39. The lowest BCUT2D eigenvalue weighted by molar-refractivity contribution is -0.152. The van der Waals surface area contributed by atoms with Gasteiger partial charge in [-0.1, -0.05) is 12.1 Å². The molecule has 27 heavy (non-hydrogen) atoms. The van der Waals surface area contributed by atoms with Crippen LogP contribution in [0.3, 0.4) is 0 Å². The fourth-order valence-electron chi connectivity index (χ4n) is 4.39. The number of ether oxygens (including phenoxy) is 1. The molecule has 0 radical (unpaired) electrons. The molecule has 5 rings (SSSR count). The van der Waals surface area contributed by atoms with Crippen LogP contribution in [0.4, 0.5) is 5.95 Å². The number of anilines is 1. The van der Waals surface area contributed by atoms with Gasteiger partial charge in [0.2, 0.25) is 5.95 Å². The van der Waals surface area contributed by atoms with Gasteiger partial charge in [-0.15, -0.1) is 0 Å². The van der Waals surface area contributed by atoms with Crippen molar-refractivity contribution in [1.82, 2.24) is 9.97 Å². The lowest BCUT2D eigenvalue weighted by Crippen LogP contribution is -2.36. The maximum Gasteiger partial charge on any atom is 0.303 e. The summed E-state index contributed by atoms with van der Waals surface area (Å²) in [6, 6.07) is 6.58. The zero-order chi connectivity index (χ0) is 18.9. The molecule has 1 N–H and O–H groups in total. The van der Waals surface area contributed by atoms with Crippen LogP contribution in [0.15, 0.2) is 30.5 Å². The van der Waals surface area contributed by atoms with Crippen molar-refractivity contribution in [2.45, 2.75) is 37.4 Å². The van der Waals surface area contributed by atoms with E-state index in [0.29, 0.717) is 23.2 Å². The summed E-state index contributed by atoms with van der Waals surface area (Å²) in [5.74, 6) is -1.86. The minimum absolute atomic E-state index is 0.00346. The number of aliphatic hydroxyl groups is 1. The molecular formula is C19H15N3O5. The molecule has 2 aliphatic carbocycles. The highest BCUT2D eigenvalue weighted by molar-refractivity contribution is 6.33. The molecule has 1 aliphatic heterocycles. The van der Waals surface area contributed by atoms with Crippen LogP contribution in [0.25, 0.3) is 0 Å². The molecule has 8 heteroatoms. The third-order valence-corrected chi connectivity index (χ3v) is 5.54. The quantitative estimate of drug-likeness (QED) is 0.628. The Hall–Kier alpha value is -3.13. The minimum atomic E-state index is -0.865. The molecule has 2 aromatic rings. The van der Waals surface area contributed by atoms with Crippen molar-refractivity contribution in [2.75, 3.05) is 4.90 Å². The molecule has 2 bridgehead atoms. The summed E-state index contributed by atoms with van der Waals surface area (Å²) in [7, 11) is 0. The topological polar surface area (TPSA) is 110 Å². The summed E-state index contributed by atoms with van der Waals surface area (Å²) >= 11 is 0. The number of hydrogen-bond donors (Lipinski definition) is 1. The molecule has 2 heterocycles. The van der Waals surface area contributed by atoms with Crippen molar-refractivity contribution < 1.29 is 24.2 Å². The van der Waals surface area contributed by atoms with Gasteiger partial charge in [0.25, 0.3) is 11.8 Å². The third-order valence-electron chi connectivity index (χ3n) is 5.54. The lowest BCUT2D eigenvalue weighted by atomic mass is 9.92. The van der Waals surface area contributed by atoms with E-state index in [2.05, 4.69) is 9.97 Å². The summed E-state index contributed by atoms with van der Waals surface area (Å²) < 4.78 is 5.26. The number of carbonyl (C=O) groups excluding carboxylic acids is 3. The van der Waals surface area contributed by atoms with Gasteiger partial charge in [0.05, 0.1) is 22.9 Å². The second-order valence-electron chi connectivity index (χ2n) is 7.02. The number of aromatic nitrogens is 2. The second-order valence-corrected chi connectivity index (χ2v) is 7.02. The van der Waals surface area contributed by atoms with E-state index in [1.54, 1.807) is 30.5 Å². The number of imide groups is 1. The molecule has 8 nitrogen and oxygen atoms in total. The molecule has 2 amide bonds. The number of hydrogen-bond acceptors (Lipinski definition) is 7. The summed E-state index contributed by atoms with van der Waals surface area (Å²) in [5.41, 5.74) is 2.04. The highest BCUT2D eigenvalue weighted by atomic mass is 16.6. The number of fused-ring (bicyclic) bond motifs is 6. The van der Waals surface area contributed by atoms with Gasteiger partial charge in [-0.05, 0) is 24.1 Å². The average molecular weight is 365 g/mol. The van der Waals surface area contributed by atoms with Crippen molar-refractivity contribution in [3.8, 4) is 0 Å². The highest BCUT2D eigenvalue weighted by Gasteiger charge is 2.54. The minimum Gasteiger partial charge on any atom is -0.459 e. The first-order valence-electron chi connectivity index (χ1n) is 8.67. The first kappa shape index (κ1) is 16.1. The van der Waals surface area contributed by atoms with Crippen molar-refractivity contribution in [3.63, 3.8) is 0 Å². The Morgan fingerprint density at radius 3 is 2.48 bits per heavy atom. The van der Waals surface area contributed by atoms with Gasteiger partial charge in [-0.25, -0.2) is 14.9 Å². The van der Waals surface area contributed by atoms with Crippen molar-refractivity contribution in [2.24, 2.45) is 0 Å². The number of aliphatic hydroxyl groups excluding tert-OH is 1. The highest BCUT2D eigenvalue weighted by Crippen LogP contribution is 2.53. The van der Waals surface area contributed by atoms with E-state index >= 15 is 0 Å². The van der Waals surface area contributed by atoms with Crippen LogP contribution in [-0.2, 0) is 9.53 Å². The van der Waals surface area contributed by atoms with Gasteiger partial charge in [0, 0.05) is 25.0 Å². The monoisotopic (exact) mass is 365 g/mol. The fraction of sp³-hybridized carbons (Fsp3) is 0.316. The Bertz CT molecular complexity index is 985. The van der Waals surface area contributed by atoms with Crippen LogP contribution in [0.2, 0.25) is 0 Å². The number of nitrogens with zero attached hydrogens (tertiary/aromatic N) is 3. The van der Waals surface area contributed by atoms with Gasteiger partial charge in [0.1, 0.15) is 6.10 Å². The summed E-state index contributed by atoms with van der Waals surface area (Å²) in [4.78, 5) is 46.2. The standard InChI is InChI=1S/C19H15N3O5/c1-8(23)27-16-11-6-12(15(16)24)14-13(11)7-20-19(21-14)22-17(25)9-4-2-3-5-10(9)18(22)26/h2-5,7,11-12,15-16,24H,6H2,1H3/t11-,12+,15+,16-/m1/s1. The molecule has 1 aromatic heterocycles. The number of carbonyl (C=O) groups is 3. The molecule has 3 aliphatic rings. The van der Waals surface area contributed by atoms with E-state index in [1.807, 2.05) is 0 Å². The van der Waals surface area contributed by atoms with E-state index in [4.69, 9.17) is 4.74 Å². The molecule has 136 valence electrons. The van der Waals surface area contributed by atoms with E-state index in [-0.39, 0.29) is 17.8 Å². The Morgan fingerprint density at radius 1 is 1.19 bits per heavy atom. The Labute approximate surface area is 153 Å². The van der Waals surface area contributed by atoms with Crippen LogP contribution < -0.4 is 4.90 Å². The van der Waals surface area contributed by atoms with Gasteiger partial charge < -0.3 is 9.84 Å². The largest absolute Gasteiger partial charge is 0.459 e. The van der Waals surface area contributed by atoms with Crippen LogP contribution >= 0.6 is 0 Å². The number of amides is 2. The number of rotatable bonds is 2. The van der Waals surface area contributed by atoms with E-state index < -0.39 is 30.0 Å². The first-order chi connectivity index (χ1) is 13.0.